The number of hydrogen-bond acceptors (Lipinski definition) is 2. The van der Waals surface area contributed by atoms with Crippen molar-refractivity contribution in [2.45, 2.75) is 37.6 Å². The van der Waals surface area contributed by atoms with Crippen LogP contribution in [-0.2, 0) is 4.79 Å². The molecule has 86 valence electrons. The summed E-state index contributed by atoms with van der Waals surface area (Å²) in [7, 11) is 0. The number of amides is 1. The van der Waals surface area contributed by atoms with E-state index in [0.29, 0.717) is 18.2 Å². The average molecular weight is 248 g/mol. The Labute approximate surface area is 101 Å². The van der Waals surface area contributed by atoms with E-state index in [-0.39, 0.29) is 11.4 Å². The molecular formula is C11H18ClNOS. The first-order valence-electron chi connectivity index (χ1n) is 5.69. The minimum atomic E-state index is -0.0257. The third-order valence-corrected chi connectivity index (χ3v) is 4.89. The zero-order valence-corrected chi connectivity index (χ0v) is 10.5. The lowest BCUT2D eigenvalue weighted by atomic mass is 9.98. The Hall–Kier alpha value is 0.110. The van der Waals surface area contributed by atoms with Crippen LogP contribution in [0.25, 0.3) is 0 Å². The standard InChI is InChI=1S/C11H18ClNOS/c12-8-11(3-4-11)13-10(14)7-9-1-5-15-6-2-9/h9H,1-8H2,(H,13,14). The molecule has 0 bridgehead atoms. The Morgan fingerprint density at radius 2 is 2.07 bits per heavy atom. The van der Waals surface area contributed by atoms with Crippen molar-refractivity contribution in [1.82, 2.24) is 5.32 Å². The third kappa shape index (κ3) is 3.28. The van der Waals surface area contributed by atoms with Crippen LogP contribution in [0.1, 0.15) is 32.1 Å². The fourth-order valence-corrected chi connectivity index (χ4v) is 3.54. The van der Waals surface area contributed by atoms with Gasteiger partial charge in [-0.15, -0.1) is 11.6 Å². The highest BCUT2D eigenvalue weighted by Crippen LogP contribution is 2.36. The molecule has 0 aromatic heterocycles. The molecule has 0 aromatic carbocycles. The lowest BCUT2D eigenvalue weighted by Crippen LogP contribution is -2.39. The number of carbonyl (C=O) groups is 1. The van der Waals surface area contributed by atoms with Gasteiger partial charge in [0.25, 0.3) is 0 Å². The Balaban J connectivity index is 1.72. The van der Waals surface area contributed by atoms with E-state index in [1.54, 1.807) is 0 Å². The number of nitrogens with one attached hydrogen (secondary N) is 1. The summed E-state index contributed by atoms with van der Waals surface area (Å²) in [6.45, 7) is 0. The van der Waals surface area contributed by atoms with Gasteiger partial charge in [0.15, 0.2) is 0 Å². The van der Waals surface area contributed by atoms with E-state index in [9.17, 15) is 4.79 Å². The Morgan fingerprint density at radius 3 is 2.60 bits per heavy atom. The first-order valence-corrected chi connectivity index (χ1v) is 7.38. The summed E-state index contributed by atoms with van der Waals surface area (Å²) in [5, 5.41) is 3.09. The highest BCUT2D eigenvalue weighted by molar-refractivity contribution is 7.99. The summed E-state index contributed by atoms with van der Waals surface area (Å²) in [6, 6.07) is 0. The zero-order chi connectivity index (χ0) is 10.7. The second kappa shape index (κ2) is 4.96. The third-order valence-electron chi connectivity index (χ3n) is 3.33. The van der Waals surface area contributed by atoms with Gasteiger partial charge in [0.05, 0.1) is 5.54 Å². The van der Waals surface area contributed by atoms with E-state index in [1.807, 2.05) is 11.8 Å². The Bertz CT molecular complexity index is 237. The molecule has 2 nitrogen and oxygen atoms in total. The maximum atomic E-state index is 11.7. The highest BCUT2D eigenvalue weighted by atomic mass is 35.5. The van der Waals surface area contributed by atoms with Crippen LogP contribution in [0, 0.1) is 5.92 Å². The van der Waals surface area contributed by atoms with Crippen molar-refractivity contribution in [3.8, 4) is 0 Å². The van der Waals surface area contributed by atoms with Crippen molar-refractivity contribution in [1.29, 1.82) is 0 Å². The number of rotatable bonds is 4. The molecule has 0 aromatic rings. The lowest BCUT2D eigenvalue weighted by molar-refractivity contribution is -0.122. The summed E-state index contributed by atoms with van der Waals surface area (Å²) in [5.74, 6) is 3.83. The second-order valence-corrected chi connectivity index (χ2v) is 6.21. The molecule has 1 aliphatic heterocycles. The van der Waals surface area contributed by atoms with Gasteiger partial charge in [-0.1, -0.05) is 0 Å². The Kier molecular flexibility index (Phi) is 3.83. The molecule has 0 spiro atoms. The van der Waals surface area contributed by atoms with Gasteiger partial charge >= 0.3 is 0 Å². The van der Waals surface area contributed by atoms with E-state index in [4.69, 9.17) is 11.6 Å². The van der Waals surface area contributed by atoms with Crippen LogP contribution in [0.2, 0.25) is 0 Å². The van der Waals surface area contributed by atoms with Crippen LogP contribution in [0.5, 0.6) is 0 Å². The van der Waals surface area contributed by atoms with Gasteiger partial charge in [-0.05, 0) is 43.1 Å². The van der Waals surface area contributed by atoms with Gasteiger partial charge in [-0.25, -0.2) is 0 Å². The fourth-order valence-electron chi connectivity index (χ4n) is 2.00. The summed E-state index contributed by atoms with van der Waals surface area (Å²) >= 11 is 7.83. The van der Waals surface area contributed by atoms with Crippen molar-refractivity contribution in [3.63, 3.8) is 0 Å². The van der Waals surface area contributed by atoms with E-state index in [1.165, 1.54) is 24.3 Å². The zero-order valence-electron chi connectivity index (χ0n) is 8.93. The normalized spacial score (nSPS) is 24.9. The van der Waals surface area contributed by atoms with E-state index < -0.39 is 0 Å². The van der Waals surface area contributed by atoms with Crippen LogP contribution in [0.4, 0.5) is 0 Å². The molecule has 2 fully saturated rings. The fraction of sp³-hybridized carbons (Fsp3) is 0.909. The summed E-state index contributed by atoms with van der Waals surface area (Å²) in [6.07, 6.45) is 5.22. The molecule has 0 radical (unpaired) electrons. The number of halogens is 1. The van der Waals surface area contributed by atoms with Crippen LogP contribution in [0.3, 0.4) is 0 Å². The lowest BCUT2D eigenvalue weighted by Gasteiger charge is -2.22. The van der Waals surface area contributed by atoms with E-state index in [0.717, 1.165) is 12.8 Å². The maximum Gasteiger partial charge on any atom is 0.220 e. The molecule has 1 N–H and O–H groups in total. The van der Waals surface area contributed by atoms with Crippen molar-refractivity contribution in [2.24, 2.45) is 5.92 Å². The molecule has 0 atom stereocenters. The summed E-state index contributed by atoms with van der Waals surface area (Å²) in [4.78, 5) is 11.7. The van der Waals surface area contributed by atoms with Crippen LogP contribution >= 0.6 is 23.4 Å². The predicted octanol–water partition coefficient (Wildman–Crippen LogP) is 2.41. The maximum absolute atomic E-state index is 11.7. The van der Waals surface area contributed by atoms with Crippen molar-refractivity contribution in [2.75, 3.05) is 17.4 Å². The molecule has 15 heavy (non-hydrogen) atoms. The molecule has 0 unspecified atom stereocenters. The molecule has 1 heterocycles. The van der Waals surface area contributed by atoms with Crippen molar-refractivity contribution < 1.29 is 4.79 Å². The second-order valence-electron chi connectivity index (χ2n) is 4.72. The van der Waals surface area contributed by atoms with Gasteiger partial charge in [0, 0.05) is 12.3 Å². The molecular weight excluding hydrogens is 230 g/mol. The monoisotopic (exact) mass is 247 g/mol. The summed E-state index contributed by atoms with van der Waals surface area (Å²) in [5.41, 5.74) is -0.0257. The molecule has 2 aliphatic rings. The average Bonchev–Trinajstić information content (AvgIpc) is 3.00. The van der Waals surface area contributed by atoms with Crippen molar-refractivity contribution in [3.05, 3.63) is 0 Å². The van der Waals surface area contributed by atoms with Crippen LogP contribution in [0.15, 0.2) is 0 Å². The molecule has 1 saturated carbocycles. The van der Waals surface area contributed by atoms with E-state index in [2.05, 4.69) is 5.32 Å². The number of alkyl halides is 1. The minimum absolute atomic E-state index is 0.0257. The van der Waals surface area contributed by atoms with E-state index >= 15 is 0 Å². The van der Waals surface area contributed by atoms with Gasteiger partial charge in [0.2, 0.25) is 5.91 Å². The molecule has 4 heteroatoms. The minimum Gasteiger partial charge on any atom is -0.349 e. The first kappa shape index (κ1) is 11.6. The van der Waals surface area contributed by atoms with Gasteiger partial charge in [0.1, 0.15) is 0 Å². The summed E-state index contributed by atoms with van der Waals surface area (Å²) < 4.78 is 0. The van der Waals surface area contributed by atoms with Crippen molar-refractivity contribution >= 4 is 29.3 Å². The quantitative estimate of drug-likeness (QED) is 0.773. The van der Waals surface area contributed by atoms with Crippen LogP contribution < -0.4 is 5.32 Å². The smallest absolute Gasteiger partial charge is 0.220 e. The first-order chi connectivity index (χ1) is 7.24. The topological polar surface area (TPSA) is 29.1 Å². The van der Waals surface area contributed by atoms with Gasteiger partial charge < -0.3 is 5.32 Å². The number of carbonyl (C=O) groups excluding carboxylic acids is 1. The largest absolute Gasteiger partial charge is 0.349 e. The number of thioether (sulfide) groups is 1. The predicted molar refractivity (Wildman–Crippen MR) is 65.5 cm³/mol. The highest BCUT2D eigenvalue weighted by Gasteiger charge is 2.43. The molecule has 2 rings (SSSR count). The molecule has 1 aliphatic carbocycles. The SMILES string of the molecule is O=C(CC1CCSCC1)NC1(CCl)CC1. The number of hydrogen-bond donors (Lipinski definition) is 1. The molecule has 1 saturated heterocycles. The molecule has 1 amide bonds. The van der Waals surface area contributed by atoms with Gasteiger partial charge in [-0.2, -0.15) is 11.8 Å². The van der Waals surface area contributed by atoms with Gasteiger partial charge in [-0.3, -0.25) is 4.79 Å². The Morgan fingerprint density at radius 1 is 1.40 bits per heavy atom. The van der Waals surface area contributed by atoms with Crippen LogP contribution in [-0.4, -0.2) is 28.8 Å².